The molecular formula is C14H23BrN2O. The second kappa shape index (κ2) is 5.91. The van der Waals surface area contributed by atoms with Crippen LogP contribution in [0.15, 0.2) is 16.7 Å². The van der Waals surface area contributed by atoms with E-state index in [1.54, 1.807) is 0 Å². The van der Waals surface area contributed by atoms with E-state index in [0.29, 0.717) is 5.69 Å². The van der Waals surface area contributed by atoms with Crippen LogP contribution >= 0.6 is 15.9 Å². The van der Waals surface area contributed by atoms with Gasteiger partial charge in [-0.05, 0) is 56.1 Å². The minimum Gasteiger partial charge on any atom is -0.346 e. The normalized spacial score (nSPS) is 11.9. The molecule has 1 heterocycles. The van der Waals surface area contributed by atoms with Crippen molar-refractivity contribution in [3.8, 4) is 0 Å². The summed E-state index contributed by atoms with van der Waals surface area (Å²) in [6.07, 6.45) is 3.98. The first kappa shape index (κ1) is 15.3. The Morgan fingerprint density at radius 1 is 1.50 bits per heavy atom. The van der Waals surface area contributed by atoms with Crippen molar-refractivity contribution < 1.29 is 4.79 Å². The van der Waals surface area contributed by atoms with Crippen LogP contribution in [0.1, 0.15) is 64.0 Å². The third-order valence-electron chi connectivity index (χ3n) is 2.93. The van der Waals surface area contributed by atoms with E-state index in [1.165, 1.54) is 0 Å². The molecule has 1 aromatic rings. The number of carbonyl (C=O) groups excluding carboxylic acids is 1. The molecule has 0 aliphatic rings. The lowest BCUT2D eigenvalue weighted by Gasteiger charge is -2.26. The maximum atomic E-state index is 12.3. The predicted molar refractivity (Wildman–Crippen MR) is 79.0 cm³/mol. The van der Waals surface area contributed by atoms with Gasteiger partial charge in [-0.2, -0.15) is 0 Å². The van der Waals surface area contributed by atoms with Gasteiger partial charge in [0.1, 0.15) is 5.69 Å². The molecule has 0 spiro atoms. The summed E-state index contributed by atoms with van der Waals surface area (Å²) in [4.78, 5) is 12.3. The number of nitrogens with one attached hydrogen (secondary N) is 1. The van der Waals surface area contributed by atoms with Crippen molar-refractivity contribution in [1.82, 2.24) is 9.88 Å². The molecule has 1 N–H and O–H groups in total. The molecule has 18 heavy (non-hydrogen) atoms. The van der Waals surface area contributed by atoms with Crippen molar-refractivity contribution in [3.05, 3.63) is 22.4 Å². The summed E-state index contributed by atoms with van der Waals surface area (Å²) in [5.74, 6) is -0.00662. The number of nitrogens with zero attached hydrogens (tertiary/aromatic N) is 1. The summed E-state index contributed by atoms with van der Waals surface area (Å²) >= 11 is 3.43. The summed E-state index contributed by atoms with van der Waals surface area (Å²) in [7, 11) is 0. The Morgan fingerprint density at radius 2 is 2.11 bits per heavy atom. The second-order valence-electron chi connectivity index (χ2n) is 5.63. The standard InChI is InChI=1S/C14H23BrN2O/c1-6-7-14(4,5)16-13(18)12-8-11(15)9-17(12)10(2)3/h8-10H,6-7H2,1-5H3,(H,16,18). The first-order valence-corrected chi connectivity index (χ1v) is 7.26. The van der Waals surface area contributed by atoms with Gasteiger partial charge in [-0.3, -0.25) is 4.79 Å². The molecule has 0 aliphatic heterocycles. The Kier molecular flexibility index (Phi) is 5.02. The van der Waals surface area contributed by atoms with E-state index in [4.69, 9.17) is 0 Å². The highest BCUT2D eigenvalue weighted by atomic mass is 79.9. The van der Waals surface area contributed by atoms with Crippen LogP contribution in [-0.4, -0.2) is 16.0 Å². The molecule has 102 valence electrons. The molecule has 0 saturated heterocycles. The zero-order valence-corrected chi connectivity index (χ0v) is 13.5. The van der Waals surface area contributed by atoms with Gasteiger partial charge in [0, 0.05) is 22.3 Å². The smallest absolute Gasteiger partial charge is 0.268 e. The van der Waals surface area contributed by atoms with Crippen molar-refractivity contribution in [2.24, 2.45) is 0 Å². The Balaban J connectivity index is 2.91. The van der Waals surface area contributed by atoms with E-state index >= 15 is 0 Å². The highest BCUT2D eigenvalue weighted by molar-refractivity contribution is 9.10. The minimum atomic E-state index is -0.162. The highest BCUT2D eigenvalue weighted by Crippen LogP contribution is 2.20. The van der Waals surface area contributed by atoms with Crippen molar-refractivity contribution in [2.45, 2.75) is 59.0 Å². The van der Waals surface area contributed by atoms with Gasteiger partial charge >= 0.3 is 0 Å². The molecule has 0 radical (unpaired) electrons. The lowest BCUT2D eigenvalue weighted by molar-refractivity contribution is 0.0898. The zero-order valence-electron chi connectivity index (χ0n) is 11.9. The van der Waals surface area contributed by atoms with Crippen LogP contribution in [-0.2, 0) is 0 Å². The Labute approximate surface area is 118 Å². The van der Waals surface area contributed by atoms with E-state index in [0.717, 1.165) is 17.3 Å². The lowest BCUT2D eigenvalue weighted by Crippen LogP contribution is -2.43. The molecule has 0 aromatic carbocycles. The molecule has 0 bridgehead atoms. The van der Waals surface area contributed by atoms with E-state index in [2.05, 4.69) is 55.9 Å². The fraction of sp³-hybridized carbons (Fsp3) is 0.643. The fourth-order valence-corrected chi connectivity index (χ4v) is 2.55. The van der Waals surface area contributed by atoms with Gasteiger partial charge in [0.05, 0.1) is 0 Å². The van der Waals surface area contributed by atoms with Gasteiger partial charge in [-0.15, -0.1) is 0 Å². The van der Waals surface area contributed by atoms with Crippen molar-refractivity contribution in [3.63, 3.8) is 0 Å². The highest BCUT2D eigenvalue weighted by Gasteiger charge is 2.22. The number of aromatic nitrogens is 1. The maximum absolute atomic E-state index is 12.3. The third kappa shape index (κ3) is 3.87. The van der Waals surface area contributed by atoms with Crippen LogP contribution in [0.4, 0.5) is 0 Å². The maximum Gasteiger partial charge on any atom is 0.268 e. The largest absolute Gasteiger partial charge is 0.346 e. The molecule has 1 rings (SSSR count). The third-order valence-corrected chi connectivity index (χ3v) is 3.36. The van der Waals surface area contributed by atoms with Gasteiger partial charge in [0.15, 0.2) is 0 Å². The summed E-state index contributed by atoms with van der Waals surface area (Å²) < 4.78 is 2.93. The number of hydrogen-bond acceptors (Lipinski definition) is 1. The number of carbonyl (C=O) groups is 1. The number of hydrogen-bond donors (Lipinski definition) is 1. The van der Waals surface area contributed by atoms with Crippen molar-refractivity contribution in [1.29, 1.82) is 0 Å². The molecule has 0 saturated carbocycles. The van der Waals surface area contributed by atoms with Crippen molar-refractivity contribution >= 4 is 21.8 Å². The molecular weight excluding hydrogens is 292 g/mol. The van der Waals surface area contributed by atoms with Crippen LogP contribution in [0, 0.1) is 0 Å². The number of halogens is 1. The van der Waals surface area contributed by atoms with Gasteiger partial charge in [-0.1, -0.05) is 13.3 Å². The van der Waals surface area contributed by atoms with Gasteiger partial charge < -0.3 is 9.88 Å². The van der Waals surface area contributed by atoms with E-state index in [9.17, 15) is 4.79 Å². The summed E-state index contributed by atoms with van der Waals surface area (Å²) in [5, 5.41) is 3.10. The first-order valence-electron chi connectivity index (χ1n) is 6.46. The second-order valence-corrected chi connectivity index (χ2v) is 6.55. The van der Waals surface area contributed by atoms with Crippen molar-refractivity contribution in [2.75, 3.05) is 0 Å². The molecule has 1 amide bonds. The molecule has 0 aliphatic carbocycles. The molecule has 1 aromatic heterocycles. The summed E-state index contributed by atoms with van der Waals surface area (Å²) in [6, 6.07) is 2.14. The van der Waals surface area contributed by atoms with Crippen LogP contribution in [0.25, 0.3) is 0 Å². The van der Waals surface area contributed by atoms with Gasteiger partial charge in [0.2, 0.25) is 0 Å². The minimum absolute atomic E-state index is 0.00662. The van der Waals surface area contributed by atoms with Gasteiger partial charge in [-0.25, -0.2) is 0 Å². The van der Waals surface area contributed by atoms with E-state index < -0.39 is 0 Å². The molecule has 0 unspecified atom stereocenters. The lowest BCUT2D eigenvalue weighted by atomic mass is 9.99. The number of amides is 1. The fourth-order valence-electron chi connectivity index (χ4n) is 2.11. The zero-order chi connectivity index (χ0) is 13.9. The quantitative estimate of drug-likeness (QED) is 0.870. The van der Waals surface area contributed by atoms with Gasteiger partial charge in [0.25, 0.3) is 5.91 Å². The van der Waals surface area contributed by atoms with E-state index in [1.807, 2.05) is 16.8 Å². The first-order chi connectivity index (χ1) is 8.26. The summed E-state index contributed by atoms with van der Waals surface area (Å²) in [5.41, 5.74) is 0.547. The molecule has 4 heteroatoms. The molecule has 0 atom stereocenters. The number of rotatable bonds is 5. The Bertz CT molecular complexity index is 421. The van der Waals surface area contributed by atoms with Crippen LogP contribution in [0.5, 0.6) is 0 Å². The average Bonchev–Trinajstić information content (AvgIpc) is 2.59. The average molecular weight is 315 g/mol. The Hall–Kier alpha value is -0.770. The predicted octanol–water partition coefficient (Wildman–Crippen LogP) is 4.14. The summed E-state index contributed by atoms with van der Waals surface area (Å²) in [6.45, 7) is 10.4. The van der Waals surface area contributed by atoms with E-state index in [-0.39, 0.29) is 17.5 Å². The monoisotopic (exact) mass is 314 g/mol. The SMILES string of the molecule is CCCC(C)(C)NC(=O)c1cc(Br)cn1C(C)C. The van der Waals surface area contributed by atoms with Crippen LogP contribution in [0.2, 0.25) is 0 Å². The van der Waals surface area contributed by atoms with Crippen LogP contribution < -0.4 is 5.32 Å². The molecule has 0 fully saturated rings. The Morgan fingerprint density at radius 3 is 2.61 bits per heavy atom. The molecule has 3 nitrogen and oxygen atoms in total. The van der Waals surface area contributed by atoms with Crippen LogP contribution in [0.3, 0.4) is 0 Å². The topological polar surface area (TPSA) is 34.0 Å².